The van der Waals surface area contributed by atoms with Gasteiger partial charge in [-0.25, -0.2) is 9.97 Å². The van der Waals surface area contributed by atoms with Crippen LogP contribution < -0.4 is 20.7 Å². The third-order valence-corrected chi connectivity index (χ3v) is 13.5. The third kappa shape index (κ3) is 7.21. The number of rotatable bonds is 9. The number of carbonyl (C=O) groups is 2. The number of nitrogens with one attached hydrogen (secondary N) is 1. The van der Waals surface area contributed by atoms with Gasteiger partial charge in [0, 0.05) is 118 Å². The fourth-order valence-corrected chi connectivity index (χ4v) is 10.5. The van der Waals surface area contributed by atoms with E-state index in [1.165, 1.54) is 21.9 Å². The summed E-state index contributed by atoms with van der Waals surface area (Å²) in [7, 11) is 1.68. The first-order chi connectivity index (χ1) is 28.9. The number of carbonyl (C=O) groups excluding carboxylic acids is 2. The minimum Gasteiger partial charge on any atom is -0.392 e. The van der Waals surface area contributed by atoms with Crippen LogP contribution in [0.4, 0.5) is 23.0 Å². The van der Waals surface area contributed by atoms with Crippen molar-refractivity contribution in [1.29, 1.82) is 0 Å². The Morgan fingerprint density at radius 3 is 2.63 bits per heavy atom. The van der Waals surface area contributed by atoms with Crippen molar-refractivity contribution in [3.05, 3.63) is 93.8 Å². The Hall–Kier alpha value is -5.31. The predicted molar refractivity (Wildman–Crippen MR) is 232 cm³/mol. The standard InChI is InChI=1S/C46H57N9O5/c1-6-41(57)54-15-7-8-37(54)34-23-31(9-10-38(34)52-17-16-51(26-29(52)2)32-12-20-60-21-13-32)48-42-45(59)50(5)27-36(49-42)33-11-14-47-43(35(33)28-56)55-19-18-53-39(44(55)58)22-30-24-46(3,4)25-40(30)53/h6,9-11,14,22-23,27,29,32,37,56H,1,7-8,12-13,15-21,24-26,28H2,2-5H3,(H,48,49)/t29-,37?/m0/s1. The van der Waals surface area contributed by atoms with E-state index in [1.54, 1.807) is 30.4 Å². The van der Waals surface area contributed by atoms with E-state index in [1.807, 2.05) is 17.0 Å². The minimum absolute atomic E-state index is 0.0910. The molecular formula is C46H57N9O5. The summed E-state index contributed by atoms with van der Waals surface area (Å²) in [6, 6.07) is 10.6. The van der Waals surface area contributed by atoms with Crippen LogP contribution in [-0.4, -0.2) is 104 Å². The lowest BCUT2D eigenvalue weighted by atomic mass is 9.90. The maximum atomic E-state index is 14.1. The molecule has 7 heterocycles. The number of likely N-dealkylation sites (tertiary alicyclic amines) is 1. The Bertz CT molecular complexity index is 2400. The highest BCUT2D eigenvalue weighted by Crippen LogP contribution is 2.42. The number of hydrogen-bond donors (Lipinski definition) is 2. The van der Waals surface area contributed by atoms with Crippen LogP contribution in [0.25, 0.3) is 11.3 Å². The molecule has 0 bridgehead atoms. The summed E-state index contributed by atoms with van der Waals surface area (Å²) in [5.74, 6) is 0.265. The molecule has 60 heavy (non-hydrogen) atoms. The fourth-order valence-electron chi connectivity index (χ4n) is 10.5. The van der Waals surface area contributed by atoms with Gasteiger partial charge in [0.25, 0.3) is 11.5 Å². The van der Waals surface area contributed by atoms with Crippen molar-refractivity contribution in [2.24, 2.45) is 12.5 Å². The molecule has 4 aliphatic heterocycles. The van der Waals surface area contributed by atoms with Gasteiger partial charge >= 0.3 is 0 Å². The minimum atomic E-state index is -0.380. The molecular weight excluding hydrogens is 759 g/mol. The van der Waals surface area contributed by atoms with Crippen molar-refractivity contribution < 1.29 is 19.4 Å². The Morgan fingerprint density at radius 2 is 1.87 bits per heavy atom. The summed E-state index contributed by atoms with van der Waals surface area (Å²) >= 11 is 0. The number of fused-ring (bicyclic) bond motifs is 3. The largest absolute Gasteiger partial charge is 0.392 e. The number of benzene rings is 1. The van der Waals surface area contributed by atoms with Crippen LogP contribution in [0.2, 0.25) is 0 Å². The normalized spacial score (nSPS) is 21.9. The van der Waals surface area contributed by atoms with Crippen LogP contribution in [-0.2, 0) is 42.6 Å². The van der Waals surface area contributed by atoms with E-state index in [9.17, 15) is 19.5 Å². The Morgan fingerprint density at radius 1 is 1.05 bits per heavy atom. The Labute approximate surface area is 351 Å². The number of piperazine rings is 1. The van der Waals surface area contributed by atoms with Gasteiger partial charge in [-0.05, 0) is 92.8 Å². The van der Waals surface area contributed by atoms with E-state index >= 15 is 0 Å². The smallest absolute Gasteiger partial charge is 0.293 e. The average molecular weight is 816 g/mol. The topological polar surface area (TPSA) is 141 Å². The molecule has 3 saturated heterocycles. The first-order valence-electron chi connectivity index (χ1n) is 21.6. The molecule has 14 heteroatoms. The van der Waals surface area contributed by atoms with Crippen molar-refractivity contribution in [1.82, 2.24) is 28.9 Å². The third-order valence-electron chi connectivity index (χ3n) is 13.5. The molecule has 4 aromatic rings. The predicted octanol–water partition coefficient (Wildman–Crippen LogP) is 5.20. The molecule has 0 saturated carbocycles. The van der Waals surface area contributed by atoms with Crippen molar-refractivity contribution in [3.8, 4) is 11.3 Å². The van der Waals surface area contributed by atoms with Crippen molar-refractivity contribution in [2.45, 2.75) is 90.6 Å². The van der Waals surface area contributed by atoms with Gasteiger partial charge in [-0.15, -0.1) is 0 Å². The van der Waals surface area contributed by atoms with E-state index in [0.717, 1.165) is 82.6 Å². The molecule has 1 unspecified atom stereocenters. The lowest BCUT2D eigenvalue weighted by Gasteiger charge is -2.46. The van der Waals surface area contributed by atoms with Crippen molar-refractivity contribution in [3.63, 3.8) is 0 Å². The summed E-state index contributed by atoms with van der Waals surface area (Å²) in [6.45, 7) is 16.3. The Balaban J connectivity index is 1.03. The lowest BCUT2D eigenvalue weighted by Crippen LogP contribution is -2.56. The molecule has 2 amide bonds. The second-order valence-electron chi connectivity index (χ2n) is 18.0. The van der Waals surface area contributed by atoms with E-state index in [4.69, 9.17) is 9.72 Å². The molecule has 14 nitrogen and oxygen atoms in total. The second-order valence-corrected chi connectivity index (χ2v) is 18.0. The van der Waals surface area contributed by atoms with Gasteiger partial charge in [0.15, 0.2) is 5.82 Å². The molecule has 1 aliphatic carbocycles. The van der Waals surface area contributed by atoms with Crippen LogP contribution in [0.1, 0.15) is 85.4 Å². The van der Waals surface area contributed by atoms with E-state index < -0.39 is 0 Å². The first kappa shape index (κ1) is 40.1. The van der Waals surface area contributed by atoms with Crippen molar-refractivity contribution in [2.75, 3.05) is 61.1 Å². The highest BCUT2D eigenvalue weighted by Gasteiger charge is 2.38. The van der Waals surface area contributed by atoms with Crippen LogP contribution >= 0.6 is 0 Å². The summed E-state index contributed by atoms with van der Waals surface area (Å²) in [5.41, 5.74) is 7.26. The van der Waals surface area contributed by atoms with E-state index in [-0.39, 0.29) is 47.3 Å². The number of aryl methyl sites for hydroxylation is 1. The summed E-state index contributed by atoms with van der Waals surface area (Å²) in [4.78, 5) is 59.1. The highest BCUT2D eigenvalue weighted by molar-refractivity contribution is 6.06. The monoisotopic (exact) mass is 815 g/mol. The van der Waals surface area contributed by atoms with E-state index in [2.05, 4.69) is 64.2 Å². The number of pyridine rings is 1. The number of nitrogens with zero attached hydrogens (tertiary/aromatic N) is 8. The number of aliphatic hydroxyl groups is 1. The molecule has 2 atom stereocenters. The molecule has 3 fully saturated rings. The number of aromatic nitrogens is 4. The summed E-state index contributed by atoms with van der Waals surface area (Å²) in [5, 5.41) is 14.2. The molecule has 0 radical (unpaired) electrons. The zero-order valence-corrected chi connectivity index (χ0v) is 35.3. The van der Waals surface area contributed by atoms with Gasteiger partial charge in [0.05, 0.1) is 18.3 Å². The zero-order chi connectivity index (χ0) is 41.9. The number of anilines is 4. The van der Waals surface area contributed by atoms with Gasteiger partial charge in [-0.2, -0.15) is 0 Å². The number of ether oxygens (including phenoxy) is 1. The quantitative estimate of drug-likeness (QED) is 0.217. The lowest BCUT2D eigenvalue weighted by molar-refractivity contribution is -0.126. The molecule has 2 N–H and O–H groups in total. The second kappa shape index (κ2) is 15.9. The SMILES string of the molecule is C=CC(=O)N1CCCC1c1cc(Nc2nc(-c3ccnc(N4CCn5c(cc6c5CC(C)(C)C6)C4=O)c3CO)cn(C)c2=O)ccc1N1CCN(C2CCOCC2)C[C@@H]1C. The molecule has 0 spiro atoms. The number of aliphatic hydroxyl groups excluding tert-OH is 1. The maximum Gasteiger partial charge on any atom is 0.293 e. The molecule has 1 aromatic carbocycles. The van der Waals surface area contributed by atoms with Gasteiger partial charge < -0.3 is 34.1 Å². The maximum absolute atomic E-state index is 14.1. The first-order valence-corrected chi connectivity index (χ1v) is 21.6. The summed E-state index contributed by atoms with van der Waals surface area (Å²) < 4.78 is 9.28. The van der Waals surface area contributed by atoms with E-state index in [0.29, 0.717) is 59.7 Å². The van der Waals surface area contributed by atoms with Gasteiger partial charge in [0.1, 0.15) is 11.5 Å². The number of hydrogen-bond acceptors (Lipinski definition) is 10. The molecule has 9 rings (SSSR count). The van der Waals surface area contributed by atoms with Crippen molar-refractivity contribution >= 4 is 34.8 Å². The highest BCUT2D eigenvalue weighted by atomic mass is 16.5. The van der Waals surface area contributed by atoms with Gasteiger partial charge in [-0.3, -0.25) is 24.2 Å². The van der Waals surface area contributed by atoms with Crippen LogP contribution in [0, 0.1) is 5.41 Å². The van der Waals surface area contributed by atoms with Crippen LogP contribution in [0.15, 0.2) is 60.2 Å². The average Bonchev–Trinajstić information content (AvgIpc) is 3.95. The fraction of sp³-hybridized carbons (Fsp3) is 0.500. The van der Waals surface area contributed by atoms with Gasteiger partial charge in [0.2, 0.25) is 5.91 Å². The number of amides is 2. The van der Waals surface area contributed by atoms with Gasteiger partial charge in [-0.1, -0.05) is 20.4 Å². The summed E-state index contributed by atoms with van der Waals surface area (Å²) in [6.07, 6.45) is 10.4. The molecule has 5 aliphatic rings. The molecule has 3 aromatic heterocycles. The van der Waals surface area contributed by atoms with Crippen LogP contribution in [0.5, 0.6) is 0 Å². The molecule has 316 valence electrons. The van der Waals surface area contributed by atoms with Crippen LogP contribution in [0.3, 0.4) is 0 Å². The zero-order valence-electron chi connectivity index (χ0n) is 35.3. The Kier molecular flexibility index (Phi) is 10.7.